The molecule has 0 saturated heterocycles. The number of rotatable bonds is 5. The fourth-order valence-corrected chi connectivity index (χ4v) is 3.25. The second kappa shape index (κ2) is 7.23. The van der Waals surface area contributed by atoms with Crippen molar-refractivity contribution in [3.63, 3.8) is 0 Å². The number of aromatic nitrogens is 2. The van der Waals surface area contributed by atoms with Gasteiger partial charge in [-0.1, -0.05) is 31.1 Å². The number of carbonyl (C=O) groups is 1. The molecule has 0 fully saturated rings. The third-order valence-electron chi connectivity index (χ3n) is 4.69. The number of pyridine rings is 1. The first kappa shape index (κ1) is 18.0. The van der Waals surface area contributed by atoms with Gasteiger partial charge in [-0.25, -0.2) is 9.37 Å². The standard InChI is InChI=1S/C20H22FN3O2/c1-5-15-11-16(18-12(3)23-26-19(18)22-15)20(25)24(4)17(6-2)13-7-9-14(21)10-8-13/h7-11,17H,5-6H2,1-4H3/t17-/m0/s1. The van der Waals surface area contributed by atoms with Crippen molar-refractivity contribution in [3.8, 4) is 0 Å². The van der Waals surface area contributed by atoms with Gasteiger partial charge in [0.15, 0.2) is 0 Å². The molecule has 0 N–H and O–H groups in total. The van der Waals surface area contributed by atoms with Crippen LogP contribution in [0.3, 0.4) is 0 Å². The van der Waals surface area contributed by atoms with Crippen LogP contribution in [0.2, 0.25) is 0 Å². The quantitative estimate of drug-likeness (QED) is 0.678. The van der Waals surface area contributed by atoms with Crippen LogP contribution in [0.4, 0.5) is 4.39 Å². The van der Waals surface area contributed by atoms with Crippen LogP contribution in [0.15, 0.2) is 34.9 Å². The van der Waals surface area contributed by atoms with Crippen molar-refractivity contribution in [2.24, 2.45) is 0 Å². The maximum Gasteiger partial charge on any atom is 0.258 e. The minimum Gasteiger partial charge on any atom is -0.336 e. The Labute approximate surface area is 151 Å². The zero-order chi connectivity index (χ0) is 18.8. The summed E-state index contributed by atoms with van der Waals surface area (Å²) in [6, 6.07) is 7.93. The maximum atomic E-state index is 13.3. The van der Waals surface area contributed by atoms with Crippen molar-refractivity contribution in [1.29, 1.82) is 0 Å². The predicted molar refractivity (Wildman–Crippen MR) is 97.4 cm³/mol. The summed E-state index contributed by atoms with van der Waals surface area (Å²) in [5, 5.41) is 4.60. The van der Waals surface area contributed by atoms with E-state index in [9.17, 15) is 9.18 Å². The van der Waals surface area contributed by atoms with E-state index in [0.717, 1.165) is 11.3 Å². The Morgan fingerprint density at radius 1 is 1.27 bits per heavy atom. The number of halogens is 1. The van der Waals surface area contributed by atoms with E-state index in [1.807, 2.05) is 19.9 Å². The van der Waals surface area contributed by atoms with Crippen LogP contribution in [0.5, 0.6) is 0 Å². The molecule has 136 valence electrons. The molecule has 5 nitrogen and oxygen atoms in total. The zero-order valence-electron chi connectivity index (χ0n) is 15.4. The second-order valence-corrected chi connectivity index (χ2v) is 6.35. The number of aryl methyl sites for hydroxylation is 2. The van der Waals surface area contributed by atoms with Crippen LogP contribution in [0, 0.1) is 12.7 Å². The molecule has 1 aromatic carbocycles. The predicted octanol–water partition coefficient (Wildman–Crippen LogP) is 4.46. The molecule has 0 bridgehead atoms. The lowest BCUT2D eigenvalue weighted by Gasteiger charge is -2.28. The molecule has 2 heterocycles. The Morgan fingerprint density at radius 3 is 2.58 bits per heavy atom. The van der Waals surface area contributed by atoms with Gasteiger partial charge in [0.1, 0.15) is 5.82 Å². The molecule has 0 aliphatic rings. The van der Waals surface area contributed by atoms with Gasteiger partial charge >= 0.3 is 0 Å². The number of hydrogen-bond acceptors (Lipinski definition) is 4. The summed E-state index contributed by atoms with van der Waals surface area (Å²) in [5.74, 6) is -0.421. The summed E-state index contributed by atoms with van der Waals surface area (Å²) in [6.45, 7) is 5.78. The molecule has 0 aliphatic heterocycles. The highest BCUT2D eigenvalue weighted by Crippen LogP contribution is 2.28. The number of fused-ring (bicyclic) bond motifs is 1. The van der Waals surface area contributed by atoms with Crippen LogP contribution >= 0.6 is 0 Å². The van der Waals surface area contributed by atoms with Crippen molar-refractivity contribution in [2.45, 2.75) is 39.7 Å². The van der Waals surface area contributed by atoms with E-state index >= 15 is 0 Å². The van der Waals surface area contributed by atoms with Gasteiger partial charge in [0.25, 0.3) is 11.6 Å². The molecule has 0 spiro atoms. The first-order valence-corrected chi connectivity index (χ1v) is 8.74. The Morgan fingerprint density at radius 2 is 1.96 bits per heavy atom. The molecular formula is C20H22FN3O2. The van der Waals surface area contributed by atoms with Crippen molar-refractivity contribution in [1.82, 2.24) is 15.0 Å². The van der Waals surface area contributed by atoms with E-state index < -0.39 is 0 Å². The van der Waals surface area contributed by atoms with Crippen molar-refractivity contribution >= 4 is 17.0 Å². The van der Waals surface area contributed by atoms with Gasteiger partial charge in [0.2, 0.25) is 0 Å². The minimum atomic E-state index is -0.291. The first-order valence-electron chi connectivity index (χ1n) is 8.74. The van der Waals surface area contributed by atoms with Gasteiger partial charge < -0.3 is 9.42 Å². The van der Waals surface area contributed by atoms with Crippen LogP contribution in [-0.2, 0) is 6.42 Å². The Bertz CT molecular complexity index is 934. The van der Waals surface area contributed by atoms with Crippen LogP contribution in [0.1, 0.15) is 53.6 Å². The minimum absolute atomic E-state index is 0.130. The fraction of sp³-hybridized carbons (Fsp3) is 0.350. The number of nitrogens with zero attached hydrogens (tertiary/aromatic N) is 3. The molecule has 6 heteroatoms. The summed E-state index contributed by atoms with van der Waals surface area (Å²) in [7, 11) is 1.76. The van der Waals surface area contributed by atoms with E-state index in [-0.39, 0.29) is 17.8 Å². The topological polar surface area (TPSA) is 59.2 Å². The molecule has 2 aromatic heterocycles. The van der Waals surface area contributed by atoms with Crippen LogP contribution in [0.25, 0.3) is 11.1 Å². The molecule has 0 radical (unpaired) electrons. The Balaban J connectivity index is 2.03. The summed E-state index contributed by atoms with van der Waals surface area (Å²) >= 11 is 0. The smallest absolute Gasteiger partial charge is 0.258 e. The molecule has 26 heavy (non-hydrogen) atoms. The maximum absolute atomic E-state index is 13.3. The average Bonchev–Trinajstić information content (AvgIpc) is 3.03. The van der Waals surface area contributed by atoms with Crippen LogP contribution < -0.4 is 0 Å². The highest BCUT2D eigenvalue weighted by Gasteiger charge is 2.25. The van der Waals surface area contributed by atoms with E-state index in [4.69, 9.17) is 4.52 Å². The Hall–Kier alpha value is -2.76. The van der Waals surface area contributed by atoms with Crippen molar-refractivity contribution in [3.05, 3.63) is 58.7 Å². The molecule has 0 aliphatic carbocycles. The average molecular weight is 355 g/mol. The third-order valence-corrected chi connectivity index (χ3v) is 4.69. The summed E-state index contributed by atoms with van der Waals surface area (Å²) in [4.78, 5) is 19.4. The summed E-state index contributed by atoms with van der Waals surface area (Å²) in [5.41, 5.74) is 3.23. The molecule has 1 atom stereocenters. The lowest BCUT2D eigenvalue weighted by molar-refractivity contribution is 0.0728. The van der Waals surface area contributed by atoms with Gasteiger partial charge in [-0.2, -0.15) is 0 Å². The van der Waals surface area contributed by atoms with Gasteiger partial charge in [-0.15, -0.1) is 0 Å². The number of hydrogen-bond donors (Lipinski definition) is 0. The normalized spacial score (nSPS) is 12.3. The number of amides is 1. The van der Waals surface area contributed by atoms with Gasteiger partial charge in [0.05, 0.1) is 22.7 Å². The summed E-state index contributed by atoms with van der Waals surface area (Å²) in [6.07, 6.45) is 1.40. The van der Waals surface area contributed by atoms with Gasteiger partial charge in [-0.05, 0) is 43.5 Å². The van der Waals surface area contributed by atoms with Crippen molar-refractivity contribution < 1.29 is 13.7 Å². The van der Waals surface area contributed by atoms with Gasteiger partial charge in [0, 0.05) is 12.7 Å². The lowest BCUT2D eigenvalue weighted by atomic mass is 10.0. The molecule has 1 amide bonds. The van der Waals surface area contributed by atoms with Gasteiger partial charge in [-0.3, -0.25) is 4.79 Å². The highest BCUT2D eigenvalue weighted by molar-refractivity contribution is 6.06. The summed E-state index contributed by atoms with van der Waals surface area (Å²) < 4.78 is 18.5. The van der Waals surface area contributed by atoms with Crippen molar-refractivity contribution in [2.75, 3.05) is 7.05 Å². The largest absolute Gasteiger partial charge is 0.336 e. The molecule has 3 aromatic rings. The van der Waals surface area contributed by atoms with Crippen LogP contribution in [-0.4, -0.2) is 28.0 Å². The SMILES string of the molecule is CCc1cc(C(=O)N(C)[C@@H](CC)c2ccc(F)cc2)c2c(C)noc2n1. The molecule has 3 rings (SSSR count). The second-order valence-electron chi connectivity index (χ2n) is 6.35. The number of carbonyl (C=O) groups excluding carboxylic acids is 1. The fourth-order valence-electron chi connectivity index (χ4n) is 3.25. The lowest BCUT2D eigenvalue weighted by Crippen LogP contribution is -2.31. The van der Waals surface area contributed by atoms with E-state index in [2.05, 4.69) is 10.1 Å². The van der Waals surface area contributed by atoms with E-state index in [1.54, 1.807) is 31.0 Å². The molecule has 0 saturated carbocycles. The Kier molecular flexibility index (Phi) is 5.02. The molecular weight excluding hydrogens is 333 g/mol. The number of benzene rings is 1. The van der Waals surface area contributed by atoms with E-state index in [1.165, 1.54) is 12.1 Å². The van der Waals surface area contributed by atoms with E-state index in [0.29, 0.717) is 35.2 Å². The monoisotopic (exact) mass is 355 g/mol. The zero-order valence-corrected chi connectivity index (χ0v) is 15.4. The highest BCUT2D eigenvalue weighted by atomic mass is 19.1. The molecule has 0 unspecified atom stereocenters. The third kappa shape index (κ3) is 3.19. The first-order chi connectivity index (χ1) is 12.5.